The fourth-order valence-corrected chi connectivity index (χ4v) is 2.46. The van der Waals surface area contributed by atoms with Crippen molar-refractivity contribution in [1.29, 1.82) is 0 Å². The fraction of sp³-hybridized carbons (Fsp3) is 0.824. The first-order chi connectivity index (χ1) is 9.77. The minimum absolute atomic E-state index is 0.0219. The summed E-state index contributed by atoms with van der Waals surface area (Å²) in [6.07, 6.45) is 0.176. The first kappa shape index (κ1) is 20.8. The van der Waals surface area contributed by atoms with Gasteiger partial charge in [-0.3, -0.25) is 14.4 Å². The summed E-state index contributed by atoms with van der Waals surface area (Å²) in [6.45, 7) is 11.5. The molecule has 5 nitrogen and oxygen atoms in total. The van der Waals surface area contributed by atoms with Gasteiger partial charge < -0.3 is 10.8 Å². The highest BCUT2D eigenvalue weighted by molar-refractivity contribution is 5.91. The van der Waals surface area contributed by atoms with Crippen molar-refractivity contribution in [1.82, 2.24) is 0 Å². The van der Waals surface area contributed by atoms with E-state index < -0.39 is 23.2 Å². The molecule has 0 aliphatic rings. The van der Waals surface area contributed by atoms with E-state index in [0.717, 1.165) is 0 Å². The third-order valence-electron chi connectivity index (χ3n) is 3.70. The number of rotatable bonds is 8. The number of carboxylic acid groups (broad SMARTS) is 1. The molecule has 128 valence electrons. The first-order valence-corrected chi connectivity index (χ1v) is 7.75. The molecule has 0 saturated carbocycles. The van der Waals surface area contributed by atoms with Gasteiger partial charge in [0.1, 0.15) is 11.6 Å². The number of ketones is 2. The summed E-state index contributed by atoms with van der Waals surface area (Å²) in [5, 5.41) is 9.01. The molecule has 2 atom stereocenters. The molecule has 0 aromatic carbocycles. The van der Waals surface area contributed by atoms with Crippen LogP contribution in [0.15, 0.2) is 0 Å². The van der Waals surface area contributed by atoms with Crippen molar-refractivity contribution >= 4 is 17.5 Å². The fourth-order valence-electron chi connectivity index (χ4n) is 2.46. The zero-order chi connectivity index (χ0) is 17.7. The maximum atomic E-state index is 12.5. The molecule has 1 unspecified atom stereocenters. The number of carbonyl (C=O) groups is 3. The Hall–Kier alpha value is -1.23. The lowest BCUT2D eigenvalue weighted by atomic mass is 9.73. The SMILES string of the molecule is CC(C)(C)CC(=O)[C@H](CN)CC(=O)C(CC(=O)O)C(C)(C)C. The standard InChI is InChI=1S/C17H31NO4/c1-16(2,3)9-14(20)11(10-18)7-13(19)12(8-15(21)22)17(4,5)6/h11-12H,7-10,18H2,1-6H3,(H,21,22)/t11-,12?/m0/s1. The quantitative estimate of drug-likeness (QED) is 0.718. The first-order valence-electron chi connectivity index (χ1n) is 7.75. The molecule has 0 bridgehead atoms. The van der Waals surface area contributed by atoms with Crippen LogP contribution in [0.25, 0.3) is 0 Å². The number of hydrogen-bond donors (Lipinski definition) is 2. The summed E-state index contributed by atoms with van der Waals surface area (Å²) in [6, 6.07) is 0. The number of Topliss-reactive ketones (excluding diaryl/α,β-unsaturated/α-hetero) is 2. The number of carbonyl (C=O) groups excluding carboxylic acids is 2. The number of carboxylic acids is 1. The van der Waals surface area contributed by atoms with E-state index in [0.29, 0.717) is 6.42 Å². The zero-order valence-electron chi connectivity index (χ0n) is 14.7. The Morgan fingerprint density at radius 3 is 1.77 bits per heavy atom. The Balaban J connectivity index is 5.02. The van der Waals surface area contributed by atoms with Gasteiger partial charge in [-0.15, -0.1) is 0 Å². The van der Waals surface area contributed by atoms with Crippen molar-refractivity contribution in [2.24, 2.45) is 28.4 Å². The van der Waals surface area contributed by atoms with Gasteiger partial charge in [0.05, 0.1) is 6.42 Å². The molecule has 0 aromatic rings. The molecule has 0 radical (unpaired) electrons. The van der Waals surface area contributed by atoms with E-state index in [1.807, 2.05) is 41.5 Å². The van der Waals surface area contributed by atoms with E-state index in [-0.39, 0.29) is 36.4 Å². The van der Waals surface area contributed by atoms with E-state index >= 15 is 0 Å². The van der Waals surface area contributed by atoms with Gasteiger partial charge in [-0.2, -0.15) is 0 Å². The van der Waals surface area contributed by atoms with Crippen molar-refractivity contribution in [2.75, 3.05) is 6.54 Å². The maximum absolute atomic E-state index is 12.5. The van der Waals surface area contributed by atoms with Gasteiger partial charge >= 0.3 is 5.97 Å². The number of aliphatic carboxylic acids is 1. The van der Waals surface area contributed by atoms with E-state index in [1.54, 1.807) is 0 Å². The second-order valence-electron chi connectivity index (χ2n) is 8.32. The summed E-state index contributed by atoms with van der Waals surface area (Å²) >= 11 is 0. The summed E-state index contributed by atoms with van der Waals surface area (Å²) in [5.41, 5.74) is 5.05. The van der Waals surface area contributed by atoms with Crippen molar-refractivity contribution in [3.05, 3.63) is 0 Å². The van der Waals surface area contributed by atoms with Crippen molar-refractivity contribution in [3.8, 4) is 0 Å². The monoisotopic (exact) mass is 313 g/mol. The van der Waals surface area contributed by atoms with Crippen LogP contribution >= 0.6 is 0 Å². The smallest absolute Gasteiger partial charge is 0.304 e. The highest BCUT2D eigenvalue weighted by Crippen LogP contribution is 2.32. The lowest BCUT2D eigenvalue weighted by Crippen LogP contribution is -2.35. The largest absolute Gasteiger partial charge is 0.481 e. The van der Waals surface area contributed by atoms with Crippen LogP contribution in [0.4, 0.5) is 0 Å². The van der Waals surface area contributed by atoms with Gasteiger partial charge in [0.15, 0.2) is 0 Å². The highest BCUT2D eigenvalue weighted by atomic mass is 16.4. The topological polar surface area (TPSA) is 97.5 Å². The van der Waals surface area contributed by atoms with Crippen LogP contribution in [0.5, 0.6) is 0 Å². The Labute approximate surface area is 133 Å². The third kappa shape index (κ3) is 7.69. The maximum Gasteiger partial charge on any atom is 0.304 e. The second-order valence-corrected chi connectivity index (χ2v) is 8.32. The normalized spacial score (nSPS) is 15.2. The van der Waals surface area contributed by atoms with Crippen LogP contribution in [-0.2, 0) is 14.4 Å². The Morgan fingerprint density at radius 1 is 0.955 bits per heavy atom. The summed E-state index contributed by atoms with van der Waals surface area (Å²) < 4.78 is 0. The van der Waals surface area contributed by atoms with E-state index in [1.165, 1.54) is 0 Å². The molecule has 22 heavy (non-hydrogen) atoms. The average Bonchev–Trinajstić information content (AvgIpc) is 2.28. The molecule has 0 aromatic heterocycles. The van der Waals surface area contributed by atoms with E-state index in [9.17, 15) is 14.4 Å². The van der Waals surface area contributed by atoms with Crippen LogP contribution in [0.1, 0.15) is 60.8 Å². The predicted octanol–water partition coefficient (Wildman–Crippen LogP) is 2.66. The number of hydrogen-bond acceptors (Lipinski definition) is 4. The summed E-state index contributed by atoms with van der Waals surface area (Å²) in [4.78, 5) is 35.8. The Kier molecular flexibility index (Phi) is 7.42. The molecule has 0 amide bonds. The molecule has 0 rings (SSSR count). The summed E-state index contributed by atoms with van der Waals surface area (Å²) in [7, 11) is 0. The van der Waals surface area contributed by atoms with Gasteiger partial charge in [-0.05, 0) is 10.8 Å². The molecule has 0 fully saturated rings. The highest BCUT2D eigenvalue weighted by Gasteiger charge is 2.35. The molecular formula is C17H31NO4. The Morgan fingerprint density at radius 2 is 1.45 bits per heavy atom. The van der Waals surface area contributed by atoms with Crippen LogP contribution in [0.2, 0.25) is 0 Å². The molecule has 0 spiro atoms. The third-order valence-corrected chi connectivity index (χ3v) is 3.70. The number of nitrogens with two attached hydrogens (primary N) is 1. The van der Waals surface area contributed by atoms with Crippen LogP contribution in [0, 0.1) is 22.7 Å². The van der Waals surface area contributed by atoms with E-state index in [4.69, 9.17) is 10.8 Å². The predicted molar refractivity (Wildman–Crippen MR) is 86.4 cm³/mol. The van der Waals surface area contributed by atoms with Gasteiger partial charge in [0, 0.05) is 31.2 Å². The van der Waals surface area contributed by atoms with Gasteiger partial charge in [-0.25, -0.2) is 0 Å². The van der Waals surface area contributed by atoms with Crippen LogP contribution < -0.4 is 5.73 Å². The lowest BCUT2D eigenvalue weighted by Gasteiger charge is -2.29. The molecule has 0 aliphatic carbocycles. The zero-order valence-corrected chi connectivity index (χ0v) is 14.7. The Bertz CT molecular complexity index is 415. The lowest BCUT2D eigenvalue weighted by molar-refractivity contribution is -0.143. The van der Waals surface area contributed by atoms with Crippen LogP contribution in [-0.4, -0.2) is 29.2 Å². The average molecular weight is 313 g/mol. The second kappa shape index (κ2) is 7.86. The minimum atomic E-state index is -1.00. The molecule has 0 saturated heterocycles. The van der Waals surface area contributed by atoms with Crippen molar-refractivity contribution in [3.63, 3.8) is 0 Å². The van der Waals surface area contributed by atoms with Crippen molar-refractivity contribution in [2.45, 2.75) is 60.8 Å². The minimum Gasteiger partial charge on any atom is -0.481 e. The molecular weight excluding hydrogens is 282 g/mol. The van der Waals surface area contributed by atoms with Gasteiger partial charge in [0.25, 0.3) is 0 Å². The van der Waals surface area contributed by atoms with Crippen molar-refractivity contribution < 1.29 is 19.5 Å². The van der Waals surface area contributed by atoms with E-state index in [2.05, 4.69) is 0 Å². The van der Waals surface area contributed by atoms with Gasteiger partial charge in [-0.1, -0.05) is 41.5 Å². The molecule has 0 aliphatic heterocycles. The van der Waals surface area contributed by atoms with Crippen LogP contribution in [0.3, 0.4) is 0 Å². The molecule has 3 N–H and O–H groups in total. The summed E-state index contributed by atoms with van der Waals surface area (Å²) in [5.74, 6) is -2.34. The molecule has 5 heteroatoms. The van der Waals surface area contributed by atoms with Gasteiger partial charge in [0.2, 0.25) is 0 Å². The molecule has 0 heterocycles.